The van der Waals surface area contributed by atoms with Crippen LogP contribution in [0.25, 0.3) is 21.3 Å². The van der Waals surface area contributed by atoms with Crippen LogP contribution in [0.15, 0.2) is 78.3 Å². The van der Waals surface area contributed by atoms with E-state index in [9.17, 15) is 23.1 Å². The van der Waals surface area contributed by atoms with Gasteiger partial charge in [-0.25, -0.2) is 17.9 Å². The lowest BCUT2D eigenvalue weighted by atomic mass is 9.91. The highest BCUT2D eigenvalue weighted by Gasteiger charge is 2.53. The number of carbonyl (C=O) groups is 1. The Morgan fingerprint density at radius 1 is 1.02 bits per heavy atom. The van der Waals surface area contributed by atoms with Crippen LogP contribution in [0.2, 0.25) is 0 Å². The van der Waals surface area contributed by atoms with Crippen LogP contribution < -0.4 is 5.32 Å². The second-order valence-electron chi connectivity index (χ2n) is 10.3. The van der Waals surface area contributed by atoms with Crippen molar-refractivity contribution in [1.82, 2.24) is 15.0 Å². The van der Waals surface area contributed by atoms with Crippen LogP contribution in [0.1, 0.15) is 17.9 Å². The maximum Gasteiger partial charge on any atom is 0.256 e. The minimum absolute atomic E-state index is 0.0185. The molecule has 2 aromatic heterocycles. The molecule has 2 fully saturated rings. The number of rotatable bonds is 5. The van der Waals surface area contributed by atoms with E-state index in [1.807, 2.05) is 53.9 Å². The number of benzene rings is 3. The normalized spacial score (nSPS) is 25.4. The molecule has 6 atom stereocenters. The topological polar surface area (TPSA) is 108 Å². The molecule has 1 unspecified atom stereocenters. The van der Waals surface area contributed by atoms with E-state index in [0.717, 1.165) is 27.8 Å². The first-order valence-corrected chi connectivity index (χ1v) is 14.2. The molecule has 9 nitrogen and oxygen atoms in total. The molecule has 13 heteroatoms. The van der Waals surface area contributed by atoms with Gasteiger partial charge in [0.25, 0.3) is 5.91 Å². The van der Waals surface area contributed by atoms with Gasteiger partial charge in [-0.15, -0.1) is 16.4 Å². The van der Waals surface area contributed by atoms with Gasteiger partial charge in [0.05, 0.1) is 12.8 Å². The number of thiophene rings is 1. The van der Waals surface area contributed by atoms with Gasteiger partial charge in [-0.2, -0.15) is 0 Å². The number of aliphatic hydroxyl groups excluding tert-OH is 1. The number of aliphatic hydroxyl groups is 1. The standard InChI is InChI=1S/C30H23F3N4O5S/c31-19-10-17(11-20(32)24(19)33)21-13-37(36-35-21)25-26(38)28(29(39)34-18-7-6-15-8-9-43-23(15)12-18)41-22-14-40-30(42-27(22)25)16-4-2-1-3-5-16/h1-13,22,25-28,30,38H,14H2,(H,34,39)/t22-,25-,26-,27+,28-,30?/m1/s1. The maximum atomic E-state index is 14.0. The van der Waals surface area contributed by atoms with Crippen molar-refractivity contribution in [1.29, 1.82) is 0 Å². The van der Waals surface area contributed by atoms with Gasteiger partial charge in [-0.1, -0.05) is 41.6 Å². The number of hydrogen-bond acceptors (Lipinski definition) is 8. The van der Waals surface area contributed by atoms with Gasteiger partial charge in [0.2, 0.25) is 0 Å². The number of fused-ring (bicyclic) bond motifs is 2. The van der Waals surface area contributed by atoms with Gasteiger partial charge in [-0.05, 0) is 41.1 Å². The number of ether oxygens (including phenoxy) is 3. The van der Waals surface area contributed by atoms with E-state index in [1.165, 1.54) is 22.2 Å². The number of halogens is 3. The highest BCUT2D eigenvalue weighted by molar-refractivity contribution is 7.17. The largest absolute Gasteiger partial charge is 0.387 e. The van der Waals surface area contributed by atoms with Crippen molar-refractivity contribution in [3.8, 4) is 11.3 Å². The van der Waals surface area contributed by atoms with Gasteiger partial charge in [0, 0.05) is 21.5 Å². The van der Waals surface area contributed by atoms with Gasteiger partial charge in [0.15, 0.2) is 29.8 Å². The summed E-state index contributed by atoms with van der Waals surface area (Å²) in [5.74, 6) is -4.97. The molecule has 0 radical (unpaired) electrons. The van der Waals surface area contributed by atoms with Gasteiger partial charge >= 0.3 is 0 Å². The van der Waals surface area contributed by atoms with Crippen molar-refractivity contribution in [3.63, 3.8) is 0 Å². The molecule has 0 spiro atoms. The first-order chi connectivity index (χ1) is 20.9. The Balaban J connectivity index is 1.21. The quantitative estimate of drug-likeness (QED) is 0.271. The molecule has 220 valence electrons. The predicted molar refractivity (Wildman–Crippen MR) is 149 cm³/mol. The highest BCUT2D eigenvalue weighted by Crippen LogP contribution is 2.40. The molecule has 43 heavy (non-hydrogen) atoms. The van der Waals surface area contributed by atoms with Crippen LogP contribution in [0.5, 0.6) is 0 Å². The first-order valence-electron chi connectivity index (χ1n) is 13.4. The molecular formula is C30H23F3N4O5S. The molecule has 0 aliphatic carbocycles. The van der Waals surface area contributed by atoms with Crippen LogP contribution in [-0.2, 0) is 19.0 Å². The minimum atomic E-state index is -1.60. The zero-order valence-corrected chi connectivity index (χ0v) is 23.0. The van der Waals surface area contributed by atoms with E-state index in [4.69, 9.17) is 14.2 Å². The third kappa shape index (κ3) is 5.19. The number of nitrogens with zero attached hydrogens (tertiary/aromatic N) is 3. The molecule has 1 amide bonds. The van der Waals surface area contributed by atoms with Crippen molar-refractivity contribution in [2.75, 3.05) is 11.9 Å². The Kier molecular flexibility index (Phi) is 7.19. The van der Waals surface area contributed by atoms with Crippen LogP contribution in [0.3, 0.4) is 0 Å². The number of nitrogens with one attached hydrogen (secondary N) is 1. The molecule has 2 N–H and O–H groups in total. The van der Waals surface area contributed by atoms with Crippen LogP contribution >= 0.6 is 11.3 Å². The fourth-order valence-electron chi connectivity index (χ4n) is 5.42. The molecule has 2 aliphatic rings. The van der Waals surface area contributed by atoms with Crippen molar-refractivity contribution < 1.29 is 37.3 Å². The summed E-state index contributed by atoms with van der Waals surface area (Å²) in [4.78, 5) is 13.5. The minimum Gasteiger partial charge on any atom is -0.387 e. The summed E-state index contributed by atoms with van der Waals surface area (Å²) in [6.07, 6.45) is -3.96. The molecule has 0 bridgehead atoms. The number of aromatic nitrogens is 3. The molecule has 0 saturated carbocycles. The fourth-order valence-corrected chi connectivity index (χ4v) is 6.25. The highest BCUT2D eigenvalue weighted by atomic mass is 32.1. The number of anilines is 1. The summed E-state index contributed by atoms with van der Waals surface area (Å²) < 4.78 is 62.0. The Hall–Kier alpha value is -4.14. The van der Waals surface area contributed by atoms with Crippen molar-refractivity contribution in [3.05, 3.63) is 101 Å². The smallest absolute Gasteiger partial charge is 0.256 e. The summed E-state index contributed by atoms with van der Waals surface area (Å²) in [6.45, 7) is 0.0360. The van der Waals surface area contributed by atoms with Crippen molar-refractivity contribution in [2.24, 2.45) is 0 Å². The summed E-state index contributed by atoms with van der Waals surface area (Å²) in [5.41, 5.74) is 1.21. The van der Waals surface area contributed by atoms with E-state index in [0.29, 0.717) is 5.69 Å². The van der Waals surface area contributed by atoms with Crippen LogP contribution in [0.4, 0.5) is 18.9 Å². The van der Waals surface area contributed by atoms with Crippen LogP contribution in [-0.4, -0.2) is 57.0 Å². The van der Waals surface area contributed by atoms with Crippen molar-refractivity contribution >= 4 is 33.0 Å². The van der Waals surface area contributed by atoms with Gasteiger partial charge < -0.3 is 24.6 Å². The second kappa shape index (κ2) is 11.2. The van der Waals surface area contributed by atoms with E-state index < -0.39 is 60.1 Å². The van der Waals surface area contributed by atoms with Crippen molar-refractivity contribution in [2.45, 2.75) is 36.7 Å². The third-order valence-corrected chi connectivity index (χ3v) is 8.41. The Bertz CT molecular complexity index is 1780. The number of carbonyl (C=O) groups excluding carboxylic acids is 1. The van der Waals surface area contributed by atoms with E-state index in [1.54, 1.807) is 6.07 Å². The second-order valence-corrected chi connectivity index (χ2v) is 11.2. The lowest BCUT2D eigenvalue weighted by molar-refractivity contribution is -0.312. The van der Waals surface area contributed by atoms with E-state index >= 15 is 0 Å². The molecule has 2 aliphatic heterocycles. The van der Waals surface area contributed by atoms with E-state index in [2.05, 4.69) is 15.6 Å². The van der Waals surface area contributed by atoms with Gasteiger partial charge in [-0.3, -0.25) is 4.79 Å². The zero-order chi connectivity index (χ0) is 29.7. The molecular weight excluding hydrogens is 585 g/mol. The molecule has 4 heterocycles. The summed E-state index contributed by atoms with van der Waals surface area (Å²) >= 11 is 1.53. The Morgan fingerprint density at radius 2 is 1.81 bits per heavy atom. The monoisotopic (exact) mass is 608 g/mol. The lowest BCUT2D eigenvalue weighted by Gasteiger charge is -2.47. The SMILES string of the molecule is O=C(Nc1ccc2ccsc2c1)[C@@H]1O[C@@H]2COC(c3ccccc3)O[C@@H]2[C@H](n2cc(-c3cc(F)c(F)c(F)c3)nn2)[C@H]1O. The Labute approximate surface area is 246 Å². The average Bonchev–Trinajstić information content (AvgIpc) is 3.69. The summed E-state index contributed by atoms with van der Waals surface area (Å²) in [7, 11) is 0. The zero-order valence-electron chi connectivity index (χ0n) is 22.1. The molecule has 3 aromatic carbocycles. The maximum absolute atomic E-state index is 14.0. The Morgan fingerprint density at radius 3 is 2.60 bits per heavy atom. The number of amides is 1. The predicted octanol–water partition coefficient (Wildman–Crippen LogP) is 5.00. The first kappa shape index (κ1) is 27.7. The molecule has 5 aromatic rings. The summed E-state index contributed by atoms with van der Waals surface area (Å²) in [6, 6.07) is 17.2. The van der Waals surface area contributed by atoms with Gasteiger partial charge in [0.1, 0.15) is 30.0 Å². The molecule has 2 saturated heterocycles. The van der Waals surface area contributed by atoms with E-state index in [-0.39, 0.29) is 17.9 Å². The summed E-state index contributed by atoms with van der Waals surface area (Å²) in [5, 5.41) is 25.5. The third-order valence-electron chi connectivity index (χ3n) is 7.53. The average molecular weight is 609 g/mol. The van der Waals surface area contributed by atoms with Crippen LogP contribution in [0, 0.1) is 17.5 Å². The molecule has 7 rings (SSSR count). The fraction of sp³-hybridized carbons (Fsp3) is 0.233. The lowest BCUT2D eigenvalue weighted by Crippen LogP contribution is -2.61. The number of hydrogen-bond donors (Lipinski definition) is 2.